The molecule has 1 aromatic heterocycles. The molecule has 0 aliphatic heterocycles. The maximum absolute atomic E-state index is 11.6. The Bertz CT molecular complexity index is 563. The molecule has 1 aromatic carbocycles. The van der Waals surface area contributed by atoms with Crippen molar-refractivity contribution in [3.8, 4) is 0 Å². The van der Waals surface area contributed by atoms with E-state index in [1.807, 2.05) is 25.1 Å². The molecule has 3 nitrogen and oxygen atoms in total. The summed E-state index contributed by atoms with van der Waals surface area (Å²) in [7, 11) is 0. The number of rotatable bonds is 5. The van der Waals surface area contributed by atoms with E-state index in [1.165, 1.54) is 17.1 Å². The van der Waals surface area contributed by atoms with E-state index in [1.54, 1.807) is 6.92 Å². The fraction of sp³-hybridized carbons (Fsp3) is 0.333. The molecule has 0 saturated heterocycles. The highest BCUT2D eigenvalue weighted by Crippen LogP contribution is 2.26. The Balaban J connectivity index is 2.07. The molecule has 0 bridgehead atoms. The van der Waals surface area contributed by atoms with Crippen LogP contribution in [0.4, 0.5) is 5.00 Å². The Kier molecular flexibility index (Phi) is 4.32. The van der Waals surface area contributed by atoms with Crippen molar-refractivity contribution in [2.45, 2.75) is 33.2 Å². The predicted octanol–water partition coefficient (Wildman–Crippen LogP) is 3.70. The first-order valence-electron chi connectivity index (χ1n) is 6.35. The minimum Gasteiger partial charge on any atom is -0.372 e. The molecule has 100 valence electrons. The lowest BCUT2D eigenvalue weighted by Gasteiger charge is -2.14. The van der Waals surface area contributed by atoms with E-state index in [-0.39, 0.29) is 11.8 Å². The second-order valence-electron chi connectivity index (χ2n) is 4.76. The smallest absolute Gasteiger partial charge is 0.164 e. The summed E-state index contributed by atoms with van der Waals surface area (Å²) in [5.74, 6) is 0.0701. The van der Waals surface area contributed by atoms with Gasteiger partial charge < -0.3 is 5.32 Å². The minimum atomic E-state index is 0.0701. The molecule has 0 amide bonds. The van der Waals surface area contributed by atoms with Crippen molar-refractivity contribution >= 4 is 22.3 Å². The molecule has 0 radical (unpaired) electrons. The van der Waals surface area contributed by atoms with Crippen LogP contribution in [0.3, 0.4) is 0 Å². The van der Waals surface area contributed by atoms with Gasteiger partial charge in [0.2, 0.25) is 0 Å². The number of nitrogens with zero attached hydrogens (tertiary/aromatic N) is 1. The van der Waals surface area contributed by atoms with Crippen molar-refractivity contribution in [2.24, 2.45) is 0 Å². The summed E-state index contributed by atoms with van der Waals surface area (Å²) >= 11 is 1.36. The van der Waals surface area contributed by atoms with Gasteiger partial charge in [-0.1, -0.05) is 30.3 Å². The number of anilines is 1. The van der Waals surface area contributed by atoms with Gasteiger partial charge in [0.1, 0.15) is 5.00 Å². The van der Waals surface area contributed by atoms with E-state index in [2.05, 4.69) is 28.7 Å². The summed E-state index contributed by atoms with van der Waals surface area (Å²) in [5.41, 5.74) is 2.82. The summed E-state index contributed by atoms with van der Waals surface area (Å²) in [5, 5.41) is 4.28. The largest absolute Gasteiger partial charge is 0.372 e. The number of nitrogens with one attached hydrogen (secondary N) is 1. The van der Waals surface area contributed by atoms with Crippen LogP contribution in [0.1, 0.15) is 35.5 Å². The molecule has 1 heterocycles. The number of hydrogen-bond donors (Lipinski definition) is 1. The van der Waals surface area contributed by atoms with E-state index in [9.17, 15) is 4.79 Å². The van der Waals surface area contributed by atoms with Gasteiger partial charge in [-0.3, -0.25) is 4.79 Å². The first-order chi connectivity index (χ1) is 9.08. The van der Waals surface area contributed by atoms with Crippen molar-refractivity contribution in [1.82, 2.24) is 4.37 Å². The Morgan fingerprint density at radius 1 is 1.37 bits per heavy atom. The van der Waals surface area contributed by atoms with Gasteiger partial charge in [0.05, 0.1) is 11.3 Å². The Labute approximate surface area is 117 Å². The number of Topliss-reactive ketones (excluding diaryl/α,β-unsaturated/α-hetero) is 1. The molecule has 1 unspecified atom stereocenters. The lowest BCUT2D eigenvalue weighted by molar-refractivity contribution is 0.101. The molecule has 1 atom stereocenters. The first-order valence-corrected chi connectivity index (χ1v) is 7.13. The van der Waals surface area contributed by atoms with Crippen LogP contribution in [0, 0.1) is 6.92 Å². The topological polar surface area (TPSA) is 42.0 Å². The second-order valence-corrected chi connectivity index (χ2v) is 5.54. The maximum atomic E-state index is 11.6. The van der Waals surface area contributed by atoms with Gasteiger partial charge >= 0.3 is 0 Å². The average molecular weight is 274 g/mol. The van der Waals surface area contributed by atoms with Crippen LogP contribution in [0.2, 0.25) is 0 Å². The minimum absolute atomic E-state index is 0.0701. The second kappa shape index (κ2) is 5.97. The Morgan fingerprint density at radius 2 is 2.05 bits per heavy atom. The molecule has 4 heteroatoms. The van der Waals surface area contributed by atoms with Gasteiger partial charge in [-0.05, 0) is 44.3 Å². The molecule has 0 spiro atoms. The van der Waals surface area contributed by atoms with E-state index < -0.39 is 0 Å². The summed E-state index contributed by atoms with van der Waals surface area (Å²) in [4.78, 5) is 11.6. The van der Waals surface area contributed by atoms with Crippen LogP contribution in [-0.2, 0) is 6.42 Å². The molecule has 1 N–H and O–H groups in total. The number of carbonyl (C=O) groups excluding carboxylic acids is 1. The van der Waals surface area contributed by atoms with Crippen molar-refractivity contribution < 1.29 is 4.79 Å². The van der Waals surface area contributed by atoms with Crippen molar-refractivity contribution in [3.63, 3.8) is 0 Å². The summed E-state index contributed by atoms with van der Waals surface area (Å²) in [6, 6.07) is 10.6. The van der Waals surface area contributed by atoms with E-state index in [4.69, 9.17) is 0 Å². The summed E-state index contributed by atoms with van der Waals surface area (Å²) < 4.78 is 4.26. The molecule has 19 heavy (non-hydrogen) atoms. The summed E-state index contributed by atoms with van der Waals surface area (Å²) in [6.45, 7) is 5.58. The van der Waals surface area contributed by atoms with Crippen molar-refractivity contribution in [2.75, 3.05) is 5.32 Å². The average Bonchev–Trinajstić information content (AvgIpc) is 2.71. The normalized spacial score (nSPS) is 12.2. The molecule has 2 aromatic rings. The Morgan fingerprint density at radius 3 is 2.68 bits per heavy atom. The third-order valence-corrected chi connectivity index (χ3v) is 3.85. The highest BCUT2D eigenvalue weighted by Gasteiger charge is 2.16. The molecular weight excluding hydrogens is 256 g/mol. The zero-order valence-corrected chi connectivity index (χ0v) is 12.3. The lowest BCUT2D eigenvalue weighted by atomic mass is 10.1. The molecular formula is C15H18N2OS. The van der Waals surface area contributed by atoms with Crippen LogP contribution < -0.4 is 5.32 Å². The Hall–Kier alpha value is -1.68. The zero-order chi connectivity index (χ0) is 13.8. The number of ketones is 1. The molecule has 2 rings (SSSR count). The highest BCUT2D eigenvalue weighted by molar-refractivity contribution is 7.10. The van der Waals surface area contributed by atoms with Crippen LogP contribution in [-0.4, -0.2) is 16.2 Å². The van der Waals surface area contributed by atoms with Gasteiger partial charge in [0, 0.05) is 6.04 Å². The van der Waals surface area contributed by atoms with Gasteiger partial charge in [-0.15, -0.1) is 0 Å². The van der Waals surface area contributed by atoms with Crippen LogP contribution in [0.25, 0.3) is 0 Å². The first kappa shape index (κ1) is 13.7. The zero-order valence-electron chi connectivity index (χ0n) is 11.4. The number of aryl methyl sites for hydroxylation is 1. The van der Waals surface area contributed by atoms with Gasteiger partial charge in [0.25, 0.3) is 0 Å². The molecule has 0 aliphatic carbocycles. The van der Waals surface area contributed by atoms with Crippen molar-refractivity contribution in [3.05, 3.63) is 47.2 Å². The third-order valence-electron chi connectivity index (χ3n) is 2.98. The molecule has 0 saturated carbocycles. The highest BCUT2D eigenvalue weighted by atomic mass is 32.1. The number of hydrogen-bond acceptors (Lipinski definition) is 4. The fourth-order valence-corrected chi connectivity index (χ4v) is 3.08. The van der Waals surface area contributed by atoms with Gasteiger partial charge in [-0.25, -0.2) is 0 Å². The van der Waals surface area contributed by atoms with Crippen LogP contribution in [0.5, 0.6) is 0 Å². The number of benzene rings is 1. The van der Waals surface area contributed by atoms with E-state index in [0.29, 0.717) is 0 Å². The quantitative estimate of drug-likeness (QED) is 0.845. The van der Waals surface area contributed by atoms with E-state index in [0.717, 1.165) is 22.7 Å². The van der Waals surface area contributed by atoms with Crippen molar-refractivity contribution in [1.29, 1.82) is 0 Å². The number of aromatic nitrogens is 1. The third kappa shape index (κ3) is 3.41. The van der Waals surface area contributed by atoms with Crippen LogP contribution >= 0.6 is 11.5 Å². The molecule has 0 fully saturated rings. The standard InChI is InChI=1S/C15H18N2OS/c1-10(9-13-7-5-4-6-8-13)16-15-14(12(3)18)11(2)17-19-15/h4-8,10,16H,9H2,1-3H3. The predicted molar refractivity (Wildman–Crippen MR) is 80.1 cm³/mol. The van der Waals surface area contributed by atoms with Crippen LogP contribution in [0.15, 0.2) is 30.3 Å². The molecule has 0 aliphatic rings. The van der Waals surface area contributed by atoms with E-state index >= 15 is 0 Å². The summed E-state index contributed by atoms with van der Waals surface area (Å²) in [6.07, 6.45) is 0.926. The fourth-order valence-electron chi connectivity index (χ4n) is 2.13. The van der Waals surface area contributed by atoms with Gasteiger partial charge in [0.15, 0.2) is 5.78 Å². The lowest BCUT2D eigenvalue weighted by Crippen LogP contribution is -2.18. The van der Waals surface area contributed by atoms with Gasteiger partial charge in [-0.2, -0.15) is 4.37 Å². The number of carbonyl (C=O) groups is 1. The maximum Gasteiger partial charge on any atom is 0.164 e. The monoisotopic (exact) mass is 274 g/mol. The SMILES string of the molecule is CC(=O)c1c(C)nsc1NC(C)Cc1ccccc1.